The van der Waals surface area contributed by atoms with E-state index in [0.29, 0.717) is 32.0 Å². The van der Waals surface area contributed by atoms with Crippen LogP contribution in [0.3, 0.4) is 0 Å². The van der Waals surface area contributed by atoms with Gasteiger partial charge >= 0.3 is 0 Å². The lowest BCUT2D eigenvalue weighted by atomic mass is 9.63. The van der Waals surface area contributed by atoms with Gasteiger partial charge in [-0.05, 0) is 29.2 Å². The number of hydrogen-bond donors (Lipinski definition) is 4. The van der Waals surface area contributed by atoms with Gasteiger partial charge in [-0.2, -0.15) is 5.10 Å². The molecule has 186 valence electrons. The van der Waals surface area contributed by atoms with Crippen LogP contribution in [-0.4, -0.2) is 69.5 Å². The zero-order chi connectivity index (χ0) is 25.2. The molecule has 35 heavy (non-hydrogen) atoms. The fourth-order valence-electron chi connectivity index (χ4n) is 4.68. The molecule has 8 heteroatoms. The molecule has 1 amide bonds. The van der Waals surface area contributed by atoms with Gasteiger partial charge in [0.05, 0.1) is 5.69 Å². The molecule has 4 N–H and O–H groups in total. The maximum atomic E-state index is 12.3. The standard InChI is InChI=1S/C27H35N5O3/c1-18(2)19-5-7-21(8-6-19)27(35,26(3)16-29-17-26)22-11-20(13-28-14-22)24-12-23(30-31-24)9-10-32(4)25(34)15-33/h5-8,11-14,18,29,33,35H,9-10,15-17H2,1-4H3,(H,30,31)/t27-/m0/s1. The van der Waals surface area contributed by atoms with Crippen LogP contribution in [0, 0.1) is 5.41 Å². The molecule has 0 radical (unpaired) electrons. The monoisotopic (exact) mass is 477 g/mol. The van der Waals surface area contributed by atoms with Crippen LogP contribution in [0.15, 0.2) is 48.8 Å². The Morgan fingerprint density at radius 1 is 1.17 bits per heavy atom. The molecule has 2 aromatic heterocycles. The van der Waals surface area contributed by atoms with Crippen LogP contribution in [0.2, 0.25) is 0 Å². The molecule has 8 nitrogen and oxygen atoms in total. The third-order valence-corrected chi connectivity index (χ3v) is 7.26. The maximum Gasteiger partial charge on any atom is 0.248 e. The Kier molecular flexibility index (Phi) is 7.07. The number of carbonyl (C=O) groups excluding carboxylic acids is 1. The topological polar surface area (TPSA) is 114 Å². The number of H-pyrrole nitrogens is 1. The van der Waals surface area contributed by atoms with Gasteiger partial charge in [-0.15, -0.1) is 0 Å². The number of nitrogens with zero attached hydrogens (tertiary/aromatic N) is 3. The molecular formula is C27H35N5O3. The van der Waals surface area contributed by atoms with Crippen molar-refractivity contribution in [2.75, 3.05) is 33.3 Å². The van der Waals surface area contributed by atoms with Crippen LogP contribution in [-0.2, 0) is 16.8 Å². The van der Waals surface area contributed by atoms with Crippen molar-refractivity contribution in [3.63, 3.8) is 0 Å². The number of pyridine rings is 1. The Bertz CT molecular complexity index is 1170. The molecule has 1 aliphatic rings. The van der Waals surface area contributed by atoms with Crippen molar-refractivity contribution in [2.45, 2.75) is 38.7 Å². The van der Waals surface area contributed by atoms with Crippen molar-refractivity contribution in [3.8, 4) is 11.3 Å². The number of nitrogens with one attached hydrogen (secondary N) is 2. The molecule has 1 aliphatic heterocycles. The first-order valence-electron chi connectivity index (χ1n) is 12.1. The second-order valence-corrected chi connectivity index (χ2v) is 10.1. The molecule has 0 bridgehead atoms. The Morgan fingerprint density at radius 3 is 2.49 bits per heavy atom. The largest absolute Gasteiger partial charge is 0.387 e. The molecule has 1 aromatic carbocycles. The fourth-order valence-corrected chi connectivity index (χ4v) is 4.68. The first-order valence-corrected chi connectivity index (χ1v) is 12.1. The smallest absolute Gasteiger partial charge is 0.248 e. The summed E-state index contributed by atoms with van der Waals surface area (Å²) in [5.74, 6) is 0.0971. The van der Waals surface area contributed by atoms with Crippen molar-refractivity contribution in [2.24, 2.45) is 5.41 Å². The summed E-state index contributed by atoms with van der Waals surface area (Å²) in [6.45, 7) is 7.79. The van der Waals surface area contributed by atoms with Crippen molar-refractivity contribution >= 4 is 5.91 Å². The number of hydrogen-bond acceptors (Lipinski definition) is 6. The summed E-state index contributed by atoms with van der Waals surface area (Å²) in [4.78, 5) is 17.5. The zero-order valence-electron chi connectivity index (χ0n) is 20.9. The van der Waals surface area contributed by atoms with E-state index < -0.39 is 12.2 Å². The van der Waals surface area contributed by atoms with E-state index in [0.717, 1.165) is 28.1 Å². The highest BCUT2D eigenvalue weighted by molar-refractivity contribution is 5.76. The summed E-state index contributed by atoms with van der Waals surface area (Å²) in [6, 6.07) is 12.1. The second kappa shape index (κ2) is 9.89. The number of aliphatic hydroxyl groups excluding tert-OH is 1. The Morgan fingerprint density at radius 2 is 1.89 bits per heavy atom. The highest BCUT2D eigenvalue weighted by Crippen LogP contribution is 2.48. The van der Waals surface area contributed by atoms with E-state index in [2.05, 4.69) is 53.4 Å². The van der Waals surface area contributed by atoms with Crippen LogP contribution in [0.4, 0.5) is 0 Å². The van der Waals surface area contributed by atoms with E-state index in [-0.39, 0.29) is 11.3 Å². The van der Waals surface area contributed by atoms with Gasteiger partial charge < -0.3 is 20.4 Å². The average molecular weight is 478 g/mol. The van der Waals surface area contributed by atoms with Crippen LogP contribution in [0.5, 0.6) is 0 Å². The molecule has 1 atom stereocenters. The second-order valence-electron chi connectivity index (χ2n) is 10.1. The number of aromatic nitrogens is 3. The Hall–Kier alpha value is -3.07. The summed E-state index contributed by atoms with van der Waals surface area (Å²) >= 11 is 0. The number of rotatable bonds is 9. The van der Waals surface area contributed by atoms with Crippen molar-refractivity contribution in [3.05, 3.63) is 71.2 Å². The van der Waals surface area contributed by atoms with E-state index in [9.17, 15) is 9.90 Å². The summed E-state index contributed by atoms with van der Waals surface area (Å²) in [6.07, 6.45) is 4.07. The van der Waals surface area contributed by atoms with E-state index >= 15 is 0 Å². The van der Waals surface area contributed by atoms with E-state index in [4.69, 9.17) is 5.11 Å². The number of aromatic amines is 1. The number of benzene rings is 1. The molecule has 4 rings (SSSR count). The number of likely N-dealkylation sites (N-methyl/N-ethyl adjacent to an activating group) is 1. The van der Waals surface area contributed by atoms with Crippen molar-refractivity contribution < 1.29 is 15.0 Å². The lowest BCUT2D eigenvalue weighted by Crippen LogP contribution is -2.63. The Balaban J connectivity index is 1.64. The quantitative estimate of drug-likeness (QED) is 0.376. The highest BCUT2D eigenvalue weighted by Gasteiger charge is 2.53. The lowest BCUT2D eigenvalue weighted by Gasteiger charge is -2.52. The van der Waals surface area contributed by atoms with Crippen LogP contribution in [0.25, 0.3) is 11.3 Å². The third-order valence-electron chi connectivity index (χ3n) is 7.26. The molecule has 0 unspecified atom stereocenters. The van der Waals surface area contributed by atoms with Crippen LogP contribution < -0.4 is 5.32 Å². The van der Waals surface area contributed by atoms with E-state index in [1.807, 2.05) is 24.3 Å². The minimum atomic E-state index is -1.22. The van der Waals surface area contributed by atoms with Gasteiger partial charge in [-0.25, -0.2) is 0 Å². The highest BCUT2D eigenvalue weighted by atomic mass is 16.3. The normalized spacial score (nSPS) is 16.5. The minimum Gasteiger partial charge on any atom is -0.387 e. The molecule has 3 aromatic rings. The first kappa shape index (κ1) is 25.0. The predicted molar refractivity (Wildman–Crippen MR) is 135 cm³/mol. The zero-order valence-corrected chi connectivity index (χ0v) is 20.9. The van der Waals surface area contributed by atoms with Gasteiger partial charge in [0, 0.05) is 67.7 Å². The van der Waals surface area contributed by atoms with Crippen LogP contribution in [0.1, 0.15) is 49.1 Å². The summed E-state index contributed by atoms with van der Waals surface area (Å²) in [5, 5.41) is 32.1. The molecule has 1 fully saturated rings. The van der Waals surface area contributed by atoms with Gasteiger partial charge in [0.2, 0.25) is 5.91 Å². The maximum absolute atomic E-state index is 12.3. The third kappa shape index (κ3) is 4.74. The summed E-state index contributed by atoms with van der Waals surface area (Å²) < 4.78 is 0. The minimum absolute atomic E-state index is 0.318. The van der Waals surface area contributed by atoms with Gasteiger partial charge in [0.1, 0.15) is 12.2 Å². The molecule has 0 aliphatic carbocycles. The van der Waals surface area contributed by atoms with Gasteiger partial charge in [-0.1, -0.05) is 45.0 Å². The number of amides is 1. The number of aliphatic hydroxyl groups is 2. The summed E-state index contributed by atoms with van der Waals surface area (Å²) in [7, 11) is 1.66. The molecule has 1 saturated heterocycles. The van der Waals surface area contributed by atoms with Gasteiger partial charge in [0.25, 0.3) is 0 Å². The SMILES string of the molecule is CC(C)c1ccc([C@](O)(c2cncc(-c3cc(CCN(C)C(=O)CO)[nH]n3)c2)C2(C)CNC2)cc1. The van der Waals surface area contributed by atoms with Crippen LogP contribution >= 0.6 is 0 Å². The van der Waals surface area contributed by atoms with E-state index in [1.54, 1.807) is 19.4 Å². The number of carbonyl (C=O) groups is 1. The molecule has 3 heterocycles. The Labute approximate surface area is 206 Å². The van der Waals surface area contributed by atoms with Crippen molar-refractivity contribution in [1.82, 2.24) is 25.4 Å². The fraction of sp³-hybridized carbons (Fsp3) is 0.444. The average Bonchev–Trinajstić information content (AvgIpc) is 3.34. The summed E-state index contributed by atoms with van der Waals surface area (Å²) in [5.41, 5.74) is 3.61. The molecular weight excluding hydrogens is 442 g/mol. The molecule has 0 saturated carbocycles. The predicted octanol–water partition coefficient (Wildman–Crippen LogP) is 2.43. The van der Waals surface area contributed by atoms with Crippen molar-refractivity contribution in [1.29, 1.82) is 0 Å². The van der Waals surface area contributed by atoms with Gasteiger partial charge in [-0.3, -0.25) is 14.9 Å². The first-order chi connectivity index (χ1) is 16.7. The van der Waals surface area contributed by atoms with Gasteiger partial charge in [0.15, 0.2) is 0 Å². The lowest BCUT2D eigenvalue weighted by molar-refractivity contribution is -0.132. The molecule has 0 spiro atoms. The van der Waals surface area contributed by atoms with E-state index in [1.165, 1.54) is 10.5 Å².